The van der Waals surface area contributed by atoms with Crippen LogP contribution < -0.4 is 0 Å². The summed E-state index contributed by atoms with van der Waals surface area (Å²) in [5, 5.41) is 155. The number of carbonyl (C=O) groups excluding carboxylic acids is 2. The fraction of sp³-hybridized carbons (Fsp3) is 0.728. The van der Waals surface area contributed by atoms with Crippen LogP contribution in [0.2, 0.25) is 0 Å². The summed E-state index contributed by atoms with van der Waals surface area (Å²) >= 11 is 0. The van der Waals surface area contributed by atoms with E-state index in [1.165, 1.54) is 19.1 Å². The lowest BCUT2D eigenvalue weighted by molar-refractivity contribution is -0.168. The summed E-state index contributed by atoms with van der Waals surface area (Å²) in [6, 6.07) is 0. The lowest BCUT2D eigenvalue weighted by Gasteiger charge is -2.34. The fourth-order valence-corrected chi connectivity index (χ4v) is 14.7. The number of aliphatic hydroxyl groups is 14. The number of ketones is 1. The molecule has 4 aliphatic heterocycles. The second-order valence-corrected chi connectivity index (χ2v) is 31.8. The van der Waals surface area contributed by atoms with Gasteiger partial charge in [-0.05, 0) is 188 Å². The van der Waals surface area contributed by atoms with Crippen LogP contribution in [-0.4, -0.2) is 211 Å². The first-order valence-electron chi connectivity index (χ1n) is 37.1. The highest BCUT2D eigenvalue weighted by molar-refractivity contribution is 5.82. The molecule has 4 bridgehead atoms. The lowest BCUT2D eigenvalue weighted by atomic mass is 9.86. The van der Waals surface area contributed by atoms with Gasteiger partial charge in [0.05, 0.1) is 91.9 Å². The molecule has 20 heteroatoms. The van der Waals surface area contributed by atoms with Crippen molar-refractivity contribution in [3.63, 3.8) is 0 Å². The molecule has 0 amide bonds. The molecule has 2 saturated heterocycles. The third-order valence-corrected chi connectivity index (χ3v) is 21.1. The van der Waals surface area contributed by atoms with E-state index in [4.69, 9.17) is 18.9 Å². The molecule has 4 rings (SSSR count). The maximum atomic E-state index is 13.9. The van der Waals surface area contributed by atoms with Crippen molar-refractivity contribution in [1.82, 2.24) is 0 Å². The number of hydrogen-bond acceptors (Lipinski definition) is 20. The van der Waals surface area contributed by atoms with Gasteiger partial charge in [-0.1, -0.05) is 147 Å². The predicted molar refractivity (Wildman–Crippen MR) is 392 cm³/mol. The Bertz CT molecular complexity index is 2770. The summed E-state index contributed by atoms with van der Waals surface area (Å²) in [5.41, 5.74) is 2.36. The van der Waals surface area contributed by atoms with Crippen LogP contribution in [-0.2, 0) is 28.5 Å². The Hall–Kier alpha value is -4.14. The molecule has 2 fully saturated rings. The highest BCUT2D eigenvalue weighted by Gasteiger charge is 2.52. The summed E-state index contributed by atoms with van der Waals surface area (Å²) in [4.78, 5) is 27.3. The number of carbonyl (C=O) groups is 2. The Kier molecular flexibility index (Phi) is 37.9. The van der Waals surface area contributed by atoms with Crippen LogP contribution in [0.5, 0.6) is 0 Å². The zero-order chi connectivity index (χ0) is 75.9. The van der Waals surface area contributed by atoms with Crippen LogP contribution in [0.15, 0.2) is 121 Å². The van der Waals surface area contributed by atoms with Crippen LogP contribution >= 0.6 is 0 Å². The van der Waals surface area contributed by atoms with Crippen LogP contribution in [0.25, 0.3) is 0 Å². The minimum atomic E-state index is -1.59. The average molecular weight is 1430 g/mol. The second kappa shape index (κ2) is 42.9. The van der Waals surface area contributed by atoms with Crippen molar-refractivity contribution < 1.29 is 100 Å². The van der Waals surface area contributed by atoms with Crippen molar-refractivity contribution in [2.24, 2.45) is 41.4 Å². The molecule has 14 unspecified atom stereocenters. The quantitative estimate of drug-likeness (QED) is 0.0582. The highest BCUT2D eigenvalue weighted by atomic mass is 16.6. The van der Waals surface area contributed by atoms with Crippen LogP contribution in [0, 0.1) is 41.4 Å². The van der Waals surface area contributed by atoms with Crippen LogP contribution in [0.3, 0.4) is 0 Å². The molecule has 20 nitrogen and oxygen atoms in total. The molecule has 0 saturated carbocycles. The van der Waals surface area contributed by atoms with Crippen molar-refractivity contribution in [2.75, 3.05) is 0 Å². The largest absolute Gasteiger partial charge is 0.455 e. The minimum absolute atomic E-state index is 0.00816. The topological polar surface area (TPSA) is 354 Å². The Morgan fingerprint density at radius 3 is 1.91 bits per heavy atom. The number of aliphatic hydroxyl groups excluding tert-OH is 14. The van der Waals surface area contributed by atoms with Gasteiger partial charge in [-0.15, -0.1) is 0 Å². The maximum absolute atomic E-state index is 13.9. The molecular weight excluding hydrogens is 1290 g/mol. The number of Topliss-reactive ketones (excluding diaryl/α,β-unsaturated/α-hetero) is 1. The van der Waals surface area contributed by atoms with E-state index in [0.717, 1.165) is 11.1 Å². The monoisotopic (exact) mass is 1420 g/mol. The van der Waals surface area contributed by atoms with Crippen molar-refractivity contribution in [3.05, 3.63) is 121 Å². The molecule has 14 N–H and O–H groups in total. The Morgan fingerprint density at radius 2 is 1.24 bits per heavy atom. The molecule has 0 spiro atoms. The number of rotatable bonds is 9. The molecule has 0 aliphatic carbocycles. The Labute approximate surface area is 603 Å². The van der Waals surface area contributed by atoms with Gasteiger partial charge >= 0.3 is 5.97 Å². The predicted octanol–water partition coefficient (Wildman–Crippen LogP) is 8.84. The van der Waals surface area contributed by atoms with Gasteiger partial charge in [0.1, 0.15) is 42.2 Å². The third kappa shape index (κ3) is 30.3. The lowest BCUT2D eigenvalue weighted by Crippen LogP contribution is -2.48. The maximum Gasteiger partial charge on any atom is 0.310 e. The number of fused-ring (bicyclic) bond motifs is 4. The number of cyclic esters (lactones) is 1. The molecule has 4 heterocycles. The Balaban J connectivity index is 1.48. The van der Waals surface area contributed by atoms with Gasteiger partial charge in [0.15, 0.2) is 5.78 Å². The summed E-state index contributed by atoms with van der Waals surface area (Å²) in [6.45, 7) is 42.9. The Morgan fingerprint density at radius 1 is 0.594 bits per heavy atom. The average Bonchev–Trinajstić information content (AvgIpc) is 1.65. The summed E-state index contributed by atoms with van der Waals surface area (Å²) in [7, 11) is 0. The van der Waals surface area contributed by atoms with Crippen molar-refractivity contribution in [2.45, 2.75) is 332 Å². The minimum Gasteiger partial charge on any atom is -0.455 e. The molecule has 0 aromatic rings. The first-order valence-corrected chi connectivity index (χ1v) is 37.1. The molecule has 0 aromatic heterocycles. The van der Waals surface area contributed by atoms with Crippen molar-refractivity contribution in [1.29, 1.82) is 0 Å². The van der Waals surface area contributed by atoms with E-state index in [9.17, 15) is 81.1 Å². The van der Waals surface area contributed by atoms with Crippen molar-refractivity contribution in [3.8, 4) is 0 Å². The SMILES string of the molecule is C=C1CC(=O)O[C@@H]([C@H]2C[C@H](O)[C@@](C)(C(O)CC(=C)C(=C)CC(O)CC(C)O)O2)/C=C/C(O)CC(C)CC(C)CC(=O)C(O)CCC(C)C[C@H](O)[C@H]2O[C@H](CC(=C)CC(=C)C(O)/C=C\CCC(O)CC(C)[C@@H]3C=C[C@@H](CC(C)C(O)C/C(C)=C\[C@@H](O)[C@H](C)[C@H](O)CC(=C)CC(C)C1)O3)[C@H](O)[C@@H]2O. The highest BCUT2D eigenvalue weighted by Crippen LogP contribution is 2.40. The second-order valence-electron chi connectivity index (χ2n) is 31.8. The summed E-state index contributed by atoms with van der Waals surface area (Å²) in [6.07, 6.45) is -2.33. The first-order chi connectivity index (χ1) is 47.1. The van der Waals surface area contributed by atoms with Gasteiger partial charge in [-0.25, -0.2) is 0 Å². The van der Waals surface area contributed by atoms with E-state index in [2.05, 4.69) is 39.5 Å². The van der Waals surface area contributed by atoms with Crippen molar-refractivity contribution >= 4 is 11.8 Å². The molecule has 28 atom stereocenters. The summed E-state index contributed by atoms with van der Waals surface area (Å²) < 4.78 is 24.9. The van der Waals surface area contributed by atoms with E-state index < -0.39 is 127 Å². The molecular formula is C81H132O20. The van der Waals surface area contributed by atoms with E-state index in [-0.39, 0.29) is 131 Å². The van der Waals surface area contributed by atoms with Gasteiger partial charge in [-0.2, -0.15) is 0 Å². The fourth-order valence-electron chi connectivity index (χ4n) is 14.7. The zero-order valence-corrected chi connectivity index (χ0v) is 62.4. The first kappa shape index (κ1) is 89.3. The van der Waals surface area contributed by atoms with E-state index in [0.29, 0.717) is 85.7 Å². The van der Waals surface area contributed by atoms with E-state index in [1.807, 2.05) is 60.6 Å². The number of esters is 1. The van der Waals surface area contributed by atoms with Gasteiger partial charge in [0, 0.05) is 25.2 Å². The van der Waals surface area contributed by atoms with Gasteiger partial charge in [0.2, 0.25) is 0 Å². The molecule has 0 aromatic carbocycles. The molecule has 576 valence electrons. The third-order valence-electron chi connectivity index (χ3n) is 21.1. The zero-order valence-electron chi connectivity index (χ0n) is 62.4. The van der Waals surface area contributed by atoms with E-state index >= 15 is 0 Å². The number of hydrogen-bond donors (Lipinski definition) is 14. The summed E-state index contributed by atoms with van der Waals surface area (Å²) in [5.74, 6) is -2.35. The van der Waals surface area contributed by atoms with Gasteiger partial charge < -0.3 is 90.4 Å². The molecule has 101 heavy (non-hydrogen) atoms. The van der Waals surface area contributed by atoms with E-state index in [1.54, 1.807) is 32.1 Å². The molecule has 4 aliphatic rings. The number of allylic oxidation sites excluding steroid dienone is 1. The van der Waals surface area contributed by atoms with Gasteiger partial charge in [0.25, 0.3) is 0 Å². The molecule has 0 radical (unpaired) electrons. The number of ether oxygens (including phenoxy) is 4. The smallest absolute Gasteiger partial charge is 0.310 e. The van der Waals surface area contributed by atoms with Crippen LogP contribution in [0.4, 0.5) is 0 Å². The van der Waals surface area contributed by atoms with Crippen LogP contribution in [0.1, 0.15) is 204 Å². The van der Waals surface area contributed by atoms with Gasteiger partial charge in [-0.3, -0.25) is 9.59 Å². The standard InChI is InChI=1S/C81H132O20/c1-45-21-24-65(87)69(91)36-49(5)29-47(3)31-61(84)22-25-72(73-44-76(94)81(16,101-73)75(93)42-54(10)53(9)39-62(85)43-58(14)82)99-77(95)38-50(6)28-46(2)27-48(4)34-67(89)59(15)68(90)35-52(8)33-66(88)56(12)41-63-23-26-71(98-63)57(13)40-60(83)19-17-18-20-64(86)55(11)30-51(7)37-74-78(96)79(97)80(100-74)70(92)32-45/h18,20,22-23,25-26,35,45-47,49,56-68,70-76,78-80,82-90,92-94,96-97H,4,6-7,9-11,17,19,21,24,27-34,36-44H2,1-3,5,8,12-16H3/b20-18-,25-22+,52-35-/t45?,46?,47?,49?,56?,57?,58?,59-,60?,61?,62?,63+,64?,65?,66?,67-,68-,70+,71+,72-,73-,74-,75?,76+,78+,79+,80-,81-/m1/s1. The normalized spacial score (nSPS) is 40.7.